The molecule has 2 aliphatic carbocycles. The number of aliphatic hydroxyl groups is 2. The van der Waals surface area contributed by atoms with Crippen LogP contribution in [0.3, 0.4) is 0 Å². The first-order valence-corrected chi connectivity index (χ1v) is 13.0. The van der Waals surface area contributed by atoms with Gasteiger partial charge in [0.25, 0.3) is 0 Å². The van der Waals surface area contributed by atoms with Gasteiger partial charge in [-0.3, -0.25) is 4.57 Å². The summed E-state index contributed by atoms with van der Waals surface area (Å²) in [5.74, 6) is 1.12. The van der Waals surface area contributed by atoms with E-state index >= 15 is 0 Å². The average Bonchev–Trinajstić information content (AvgIpc) is 3.18. The fourth-order valence-corrected chi connectivity index (χ4v) is 7.12. The number of methoxy groups -OCH3 is 1. The Kier molecular flexibility index (Phi) is 6.04. The minimum absolute atomic E-state index is 0.00625. The van der Waals surface area contributed by atoms with Gasteiger partial charge in [-0.1, -0.05) is 36.4 Å². The van der Waals surface area contributed by atoms with Gasteiger partial charge in [-0.2, -0.15) is 0 Å². The van der Waals surface area contributed by atoms with E-state index in [1.165, 1.54) is 11.1 Å². The zero-order chi connectivity index (χ0) is 23.3. The molecule has 2 bridgehead atoms. The maximum absolute atomic E-state index is 10.6. The molecule has 7 atom stereocenters. The van der Waals surface area contributed by atoms with E-state index in [9.17, 15) is 9.67 Å². The summed E-state index contributed by atoms with van der Waals surface area (Å²) >= 11 is 0. The Balaban J connectivity index is 0.000000177. The second-order valence-corrected chi connectivity index (χ2v) is 10.8. The number of nitrogens with zero attached hydrogens (tertiary/aromatic N) is 1. The van der Waals surface area contributed by atoms with Gasteiger partial charge in [0.2, 0.25) is 8.03 Å². The number of rotatable bonds is 3. The Morgan fingerprint density at radius 2 is 1.97 bits per heavy atom. The van der Waals surface area contributed by atoms with Crippen LogP contribution in [0.4, 0.5) is 0 Å². The minimum atomic E-state index is -2.86. The Hall–Kier alpha value is -1.89. The number of hydrogen-bond donors (Lipinski definition) is 3. The first-order valence-electron chi connectivity index (χ1n) is 11.6. The minimum Gasteiger partial charge on any atom is -0.493 e. The predicted octanol–water partition coefficient (Wildman–Crippen LogP) is 2.87. The molecule has 178 valence electrons. The molecule has 0 amide bonds. The molecule has 2 aromatic carbocycles. The second kappa shape index (κ2) is 8.71. The monoisotopic (exact) mass is 473 g/mol. The fourth-order valence-electron chi connectivity index (χ4n) is 6.64. The molecular weight excluding hydrogens is 441 g/mol. The highest BCUT2D eigenvalue weighted by Crippen LogP contribution is 2.63. The lowest BCUT2D eigenvalue weighted by Crippen LogP contribution is -2.66. The fraction of sp³-hybridized carbons (Fsp3) is 0.520. The smallest absolute Gasteiger partial charge is 0.221 e. The van der Waals surface area contributed by atoms with Crippen LogP contribution >= 0.6 is 8.03 Å². The van der Waals surface area contributed by atoms with E-state index in [1.54, 1.807) is 37.4 Å². The molecule has 2 unspecified atom stereocenters. The lowest BCUT2D eigenvalue weighted by atomic mass is 9.51. The van der Waals surface area contributed by atoms with Crippen LogP contribution in [0.25, 0.3) is 0 Å². The number of aliphatic hydroxyl groups excluding tert-OH is 2. The predicted molar refractivity (Wildman–Crippen MR) is 125 cm³/mol. The van der Waals surface area contributed by atoms with Crippen LogP contribution in [-0.2, 0) is 16.4 Å². The Labute approximate surface area is 194 Å². The molecule has 2 heterocycles. The van der Waals surface area contributed by atoms with Crippen molar-refractivity contribution in [2.24, 2.45) is 5.92 Å². The van der Waals surface area contributed by atoms with Crippen molar-refractivity contribution in [3.63, 3.8) is 0 Å². The summed E-state index contributed by atoms with van der Waals surface area (Å²) < 4.78 is 22.3. The standard InChI is InChI=1S/C18H23NO3.C7H9O3P/c1-19-8-7-18-11-4-5-13(20)17(18)22-16-14(21-2)6-3-10(15(16)18)9-12(11)19;8-7(11(9)10)6-4-2-1-3-5-6/h3,6,11-13,17,20H,4-5,7-9H2,1-2H3;1-5,7-8,11H,(H,9,10)/t11-,12+,13-,17-,18-;/m0./s1. The van der Waals surface area contributed by atoms with E-state index < -0.39 is 13.9 Å². The van der Waals surface area contributed by atoms with Crippen LogP contribution in [0.15, 0.2) is 42.5 Å². The molecule has 2 aliphatic heterocycles. The van der Waals surface area contributed by atoms with Crippen LogP contribution in [0.1, 0.15) is 41.8 Å². The molecule has 1 saturated carbocycles. The molecule has 7 nitrogen and oxygen atoms in total. The van der Waals surface area contributed by atoms with E-state index in [4.69, 9.17) is 19.5 Å². The van der Waals surface area contributed by atoms with Crippen molar-refractivity contribution in [3.05, 3.63) is 59.2 Å². The molecular formula is C25H32NO6P. The summed E-state index contributed by atoms with van der Waals surface area (Å²) in [6.07, 6.45) is 3.69. The van der Waals surface area contributed by atoms with Crippen LogP contribution in [-0.4, -0.2) is 59.0 Å². The number of likely N-dealkylation sites (tertiary alicyclic amines) is 1. The van der Waals surface area contributed by atoms with Gasteiger partial charge in [0.1, 0.15) is 6.10 Å². The molecule has 8 heteroatoms. The van der Waals surface area contributed by atoms with Crippen LogP contribution < -0.4 is 9.47 Å². The first-order chi connectivity index (χ1) is 15.9. The van der Waals surface area contributed by atoms with Crippen molar-refractivity contribution in [1.29, 1.82) is 0 Å². The van der Waals surface area contributed by atoms with E-state index in [0.29, 0.717) is 17.5 Å². The molecule has 1 spiro atoms. The first kappa shape index (κ1) is 22.9. The summed E-state index contributed by atoms with van der Waals surface area (Å²) in [4.78, 5) is 11.1. The van der Waals surface area contributed by atoms with Crippen molar-refractivity contribution in [2.75, 3.05) is 20.7 Å². The number of piperidine rings is 1. The highest BCUT2D eigenvalue weighted by Gasteiger charge is 2.65. The quantitative estimate of drug-likeness (QED) is 0.590. The summed E-state index contributed by atoms with van der Waals surface area (Å²) in [6.45, 7) is 1.09. The molecule has 0 radical (unpaired) electrons. The highest BCUT2D eigenvalue weighted by molar-refractivity contribution is 7.38. The molecule has 0 aromatic heterocycles. The van der Waals surface area contributed by atoms with E-state index in [1.807, 2.05) is 6.07 Å². The number of hydrogen-bond acceptors (Lipinski definition) is 6. The summed E-state index contributed by atoms with van der Waals surface area (Å²) in [7, 11) is 1.10. The third-order valence-corrected chi connectivity index (χ3v) is 8.92. The SMILES string of the molecule is COc1ccc2c3c1O[C@H]1[C@@H](O)CC[C@H]4[C@@H](C2)N(C)CC[C@@]341.O=[PH](O)C(O)c1ccccc1. The Morgan fingerprint density at radius 3 is 2.67 bits per heavy atom. The molecule has 2 aromatic rings. The van der Waals surface area contributed by atoms with Crippen molar-refractivity contribution < 1.29 is 29.1 Å². The second-order valence-electron chi connectivity index (χ2n) is 9.61. The van der Waals surface area contributed by atoms with Crippen LogP contribution in [0, 0.1) is 5.92 Å². The van der Waals surface area contributed by atoms with Gasteiger partial charge in [-0.25, -0.2) is 0 Å². The van der Waals surface area contributed by atoms with Crippen molar-refractivity contribution in [2.45, 2.75) is 55.2 Å². The highest BCUT2D eigenvalue weighted by atomic mass is 31.1. The molecule has 4 aliphatic rings. The maximum Gasteiger partial charge on any atom is 0.221 e. The zero-order valence-corrected chi connectivity index (χ0v) is 20.0. The van der Waals surface area contributed by atoms with Gasteiger partial charge < -0.3 is 29.5 Å². The molecule has 3 N–H and O–H groups in total. The van der Waals surface area contributed by atoms with Gasteiger partial charge >= 0.3 is 0 Å². The van der Waals surface area contributed by atoms with Gasteiger partial charge in [0.05, 0.1) is 13.2 Å². The topological polar surface area (TPSA) is 99.5 Å². The van der Waals surface area contributed by atoms with Crippen LogP contribution in [0.5, 0.6) is 11.5 Å². The average molecular weight is 474 g/mol. The Bertz CT molecular complexity index is 1050. The third kappa shape index (κ3) is 3.53. The lowest BCUT2D eigenvalue weighted by molar-refractivity contribution is -0.0993. The van der Waals surface area contributed by atoms with Gasteiger partial charge in [-0.15, -0.1) is 0 Å². The van der Waals surface area contributed by atoms with Gasteiger partial charge in [-0.05, 0) is 62.4 Å². The van der Waals surface area contributed by atoms with Crippen molar-refractivity contribution in [1.82, 2.24) is 4.90 Å². The molecule has 2 fully saturated rings. The normalized spacial score (nSPS) is 33.1. The largest absolute Gasteiger partial charge is 0.493 e. The zero-order valence-electron chi connectivity index (χ0n) is 19.0. The van der Waals surface area contributed by atoms with E-state index in [0.717, 1.165) is 43.7 Å². The van der Waals surface area contributed by atoms with Gasteiger partial charge in [0, 0.05) is 17.0 Å². The third-order valence-electron chi connectivity index (χ3n) is 8.12. The summed E-state index contributed by atoms with van der Waals surface area (Å²) in [5.41, 5.74) is 3.26. The molecule has 6 rings (SSSR count). The Morgan fingerprint density at radius 1 is 1.21 bits per heavy atom. The van der Waals surface area contributed by atoms with E-state index in [2.05, 4.69) is 18.0 Å². The molecule has 1 saturated heterocycles. The molecule has 33 heavy (non-hydrogen) atoms. The number of likely N-dealkylation sites (N-methyl/N-ethyl adjacent to an activating group) is 1. The summed E-state index contributed by atoms with van der Waals surface area (Å²) in [5, 5.41) is 19.7. The lowest BCUT2D eigenvalue weighted by Gasteiger charge is -2.58. The van der Waals surface area contributed by atoms with E-state index in [-0.39, 0.29) is 17.6 Å². The van der Waals surface area contributed by atoms with Crippen molar-refractivity contribution >= 4 is 8.03 Å². The van der Waals surface area contributed by atoms with Gasteiger partial charge in [0.15, 0.2) is 17.3 Å². The number of ether oxygens (including phenoxy) is 2. The van der Waals surface area contributed by atoms with Crippen LogP contribution in [0.2, 0.25) is 0 Å². The van der Waals surface area contributed by atoms with Crippen molar-refractivity contribution in [3.8, 4) is 11.5 Å². The maximum atomic E-state index is 10.6. The summed E-state index contributed by atoms with van der Waals surface area (Å²) in [6, 6.07) is 13.3. The number of benzene rings is 2.